The van der Waals surface area contributed by atoms with E-state index >= 15 is 0 Å². The van der Waals surface area contributed by atoms with E-state index in [1.54, 1.807) is 19.3 Å². The molecule has 1 unspecified atom stereocenters. The van der Waals surface area contributed by atoms with Crippen LogP contribution in [-0.2, 0) is 4.79 Å². The molecule has 6 heteroatoms. The van der Waals surface area contributed by atoms with Crippen molar-refractivity contribution >= 4 is 27.7 Å². The van der Waals surface area contributed by atoms with Gasteiger partial charge in [-0.15, -0.1) is 0 Å². The third-order valence-electron chi connectivity index (χ3n) is 2.28. The molecule has 1 rings (SSSR count). The van der Waals surface area contributed by atoms with Crippen LogP contribution in [0.1, 0.15) is 20.3 Å². The van der Waals surface area contributed by atoms with Crippen LogP contribution in [0.2, 0.25) is 0 Å². The van der Waals surface area contributed by atoms with Crippen molar-refractivity contribution in [3.63, 3.8) is 0 Å². The highest BCUT2D eigenvalue weighted by atomic mass is 79.9. The molecule has 0 saturated carbocycles. The zero-order chi connectivity index (χ0) is 11.5. The van der Waals surface area contributed by atoms with E-state index in [4.69, 9.17) is 5.73 Å². The van der Waals surface area contributed by atoms with Gasteiger partial charge in [-0.1, -0.05) is 6.92 Å². The minimum absolute atomic E-state index is 0.408. The first-order valence-electron chi connectivity index (χ1n) is 4.53. The lowest BCUT2D eigenvalue weighted by atomic mass is 9.98. The Kier molecular flexibility index (Phi) is 3.62. The largest absolute Gasteiger partial charge is 0.368 e. The summed E-state index contributed by atoms with van der Waals surface area (Å²) < 4.78 is 0.644. The van der Waals surface area contributed by atoms with E-state index in [9.17, 15) is 4.79 Å². The molecule has 1 amide bonds. The number of halogens is 1. The van der Waals surface area contributed by atoms with Crippen LogP contribution in [0.4, 0.5) is 5.82 Å². The number of nitrogens with one attached hydrogen (secondary N) is 1. The van der Waals surface area contributed by atoms with Crippen LogP contribution in [-0.4, -0.2) is 21.4 Å². The van der Waals surface area contributed by atoms with E-state index in [1.807, 2.05) is 6.92 Å². The second-order valence-corrected chi connectivity index (χ2v) is 4.21. The van der Waals surface area contributed by atoms with Gasteiger partial charge in [0.05, 0.1) is 12.4 Å². The van der Waals surface area contributed by atoms with E-state index in [-0.39, 0.29) is 0 Å². The number of nitrogens with two attached hydrogens (primary N) is 1. The lowest BCUT2D eigenvalue weighted by Crippen LogP contribution is -2.47. The lowest BCUT2D eigenvalue weighted by Gasteiger charge is -2.26. The maximum absolute atomic E-state index is 11.2. The number of anilines is 1. The molecule has 0 aliphatic carbocycles. The Hall–Kier alpha value is -1.17. The number of primary amides is 1. The van der Waals surface area contributed by atoms with E-state index in [0.717, 1.165) is 0 Å². The number of rotatable bonds is 4. The summed E-state index contributed by atoms with van der Waals surface area (Å²) in [7, 11) is 0. The van der Waals surface area contributed by atoms with Crippen molar-refractivity contribution in [2.75, 3.05) is 5.32 Å². The molecule has 0 aliphatic heterocycles. The van der Waals surface area contributed by atoms with Crippen LogP contribution in [0.5, 0.6) is 0 Å². The predicted molar refractivity (Wildman–Crippen MR) is 61.2 cm³/mol. The second-order valence-electron chi connectivity index (χ2n) is 3.40. The summed E-state index contributed by atoms with van der Waals surface area (Å²) in [5.74, 6) is 0.121. The molecule has 0 fully saturated rings. The fourth-order valence-electron chi connectivity index (χ4n) is 0.984. The normalized spacial score (nSPS) is 14.3. The van der Waals surface area contributed by atoms with Crippen molar-refractivity contribution in [2.45, 2.75) is 25.8 Å². The summed E-state index contributed by atoms with van der Waals surface area (Å²) in [6.45, 7) is 3.61. The van der Waals surface area contributed by atoms with Gasteiger partial charge in [0.2, 0.25) is 5.91 Å². The Labute approximate surface area is 96.6 Å². The highest BCUT2D eigenvalue weighted by Gasteiger charge is 2.28. The zero-order valence-electron chi connectivity index (χ0n) is 8.62. The van der Waals surface area contributed by atoms with Gasteiger partial charge in [0, 0.05) is 0 Å². The summed E-state index contributed by atoms with van der Waals surface area (Å²) in [4.78, 5) is 19.3. The van der Waals surface area contributed by atoms with Gasteiger partial charge in [-0.05, 0) is 29.3 Å². The predicted octanol–water partition coefficient (Wildman–Crippen LogP) is 1.30. The van der Waals surface area contributed by atoms with Gasteiger partial charge in [0.1, 0.15) is 16.0 Å². The van der Waals surface area contributed by atoms with Crippen LogP contribution in [0.3, 0.4) is 0 Å². The summed E-state index contributed by atoms with van der Waals surface area (Å²) in [6.07, 6.45) is 3.68. The number of aromatic nitrogens is 2. The van der Waals surface area contributed by atoms with Crippen molar-refractivity contribution < 1.29 is 4.79 Å². The molecule has 0 spiro atoms. The fourth-order valence-corrected chi connectivity index (χ4v) is 1.19. The summed E-state index contributed by atoms with van der Waals surface area (Å²) >= 11 is 3.18. The van der Waals surface area contributed by atoms with Crippen molar-refractivity contribution in [3.05, 3.63) is 17.0 Å². The first-order chi connectivity index (χ1) is 6.98. The van der Waals surface area contributed by atoms with E-state index in [0.29, 0.717) is 16.8 Å². The van der Waals surface area contributed by atoms with Crippen LogP contribution in [0.25, 0.3) is 0 Å². The highest BCUT2D eigenvalue weighted by molar-refractivity contribution is 9.10. The Bertz CT molecular complexity index is 354. The first kappa shape index (κ1) is 11.9. The average molecular weight is 273 g/mol. The Balaban J connectivity index is 2.84. The van der Waals surface area contributed by atoms with E-state index in [2.05, 4.69) is 31.2 Å². The highest BCUT2D eigenvalue weighted by Crippen LogP contribution is 2.16. The van der Waals surface area contributed by atoms with Gasteiger partial charge in [0.25, 0.3) is 0 Å². The molecular weight excluding hydrogens is 260 g/mol. The third-order valence-corrected chi connectivity index (χ3v) is 2.68. The molecule has 3 N–H and O–H groups in total. The van der Waals surface area contributed by atoms with Gasteiger partial charge >= 0.3 is 0 Å². The fraction of sp³-hybridized carbons (Fsp3) is 0.444. The molecule has 82 valence electrons. The van der Waals surface area contributed by atoms with Crippen molar-refractivity contribution in [2.24, 2.45) is 5.73 Å². The molecule has 0 radical (unpaired) electrons. The number of hydrogen-bond donors (Lipinski definition) is 2. The van der Waals surface area contributed by atoms with Crippen molar-refractivity contribution in [1.82, 2.24) is 9.97 Å². The van der Waals surface area contributed by atoms with Crippen LogP contribution in [0.15, 0.2) is 17.0 Å². The standard InChI is InChI=1S/C9H13BrN4O/c1-3-9(2,8(11)15)14-7-5-12-6(10)4-13-7/h4-5H,3H2,1-2H3,(H2,11,15)(H,13,14). The summed E-state index contributed by atoms with van der Waals surface area (Å²) in [5, 5.41) is 2.96. The third kappa shape index (κ3) is 2.89. The zero-order valence-corrected chi connectivity index (χ0v) is 10.2. The van der Waals surface area contributed by atoms with Gasteiger partial charge in [-0.2, -0.15) is 0 Å². The minimum atomic E-state index is -0.789. The number of carbonyl (C=O) groups is 1. The van der Waals surface area contributed by atoms with Crippen LogP contribution < -0.4 is 11.1 Å². The quantitative estimate of drug-likeness (QED) is 0.866. The molecule has 1 heterocycles. The Morgan fingerprint density at radius 2 is 2.27 bits per heavy atom. The molecule has 0 aliphatic rings. The number of hydrogen-bond acceptors (Lipinski definition) is 4. The SMILES string of the molecule is CCC(C)(Nc1cnc(Br)cn1)C(N)=O. The Morgan fingerprint density at radius 1 is 1.60 bits per heavy atom. The van der Waals surface area contributed by atoms with Gasteiger partial charge < -0.3 is 11.1 Å². The van der Waals surface area contributed by atoms with E-state index < -0.39 is 11.4 Å². The van der Waals surface area contributed by atoms with Crippen molar-refractivity contribution in [1.29, 1.82) is 0 Å². The molecule has 1 atom stereocenters. The monoisotopic (exact) mass is 272 g/mol. The first-order valence-corrected chi connectivity index (χ1v) is 5.33. The number of amides is 1. The lowest BCUT2D eigenvalue weighted by molar-refractivity contribution is -0.121. The molecule has 0 saturated heterocycles. The molecular formula is C9H13BrN4O. The Morgan fingerprint density at radius 3 is 2.67 bits per heavy atom. The molecule has 1 aromatic heterocycles. The summed E-state index contributed by atoms with van der Waals surface area (Å²) in [5.41, 5.74) is 4.51. The van der Waals surface area contributed by atoms with Crippen LogP contribution >= 0.6 is 15.9 Å². The van der Waals surface area contributed by atoms with Crippen molar-refractivity contribution in [3.8, 4) is 0 Å². The average Bonchev–Trinajstić information content (AvgIpc) is 2.21. The molecule has 1 aromatic rings. The molecule has 15 heavy (non-hydrogen) atoms. The maximum Gasteiger partial charge on any atom is 0.242 e. The number of carbonyl (C=O) groups excluding carboxylic acids is 1. The topological polar surface area (TPSA) is 80.9 Å². The van der Waals surface area contributed by atoms with Gasteiger partial charge in [-0.25, -0.2) is 9.97 Å². The maximum atomic E-state index is 11.2. The summed E-state index contributed by atoms with van der Waals surface area (Å²) in [6, 6.07) is 0. The molecule has 0 aromatic carbocycles. The number of nitrogens with zero attached hydrogens (tertiary/aromatic N) is 2. The van der Waals surface area contributed by atoms with Crippen LogP contribution in [0, 0.1) is 0 Å². The molecule has 0 bridgehead atoms. The van der Waals surface area contributed by atoms with Gasteiger partial charge in [0.15, 0.2) is 0 Å². The minimum Gasteiger partial charge on any atom is -0.368 e. The molecule has 5 nitrogen and oxygen atoms in total. The van der Waals surface area contributed by atoms with Gasteiger partial charge in [-0.3, -0.25) is 4.79 Å². The van der Waals surface area contributed by atoms with E-state index in [1.165, 1.54) is 0 Å². The smallest absolute Gasteiger partial charge is 0.242 e. The second kappa shape index (κ2) is 4.57.